The highest BCUT2D eigenvalue weighted by molar-refractivity contribution is 5.85. The lowest BCUT2D eigenvalue weighted by Crippen LogP contribution is -2.46. The Morgan fingerprint density at radius 1 is 0.741 bits per heavy atom. The maximum absolute atomic E-state index is 4.37. The van der Waals surface area contributed by atoms with E-state index < -0.39 is 0 Å². The van der Waals surface area contributed by atoms with Crippen LogP contribution in [0.4, 0.5) is 0 Å². The Bertz CT molecular complexity index is 884. The van der Waals surface area contributed by atoms with E-state index in [1.54, 1.807) is 0 Å². The third kappa shape index (κ3) is 3.25. The Morgan fingerprint density at radius 2 is 1.22 bits per heavy atom. The van der Waals surface area contributed by atoms with Crippen LogP contribution >= 0.6 is 0 Å². The minimum absolute atomic E-state index is 0.123. The van der Waals surface area contributed by atoms with Crippen molar-refractivity contribution in [3.63, 3.8) is 0 Å². The SMILES string of the molecule is C=C1NC2(CCC(C)(C)CC2)C(C)=C1c1ccc(-c2ccc(C)cc2)cc1. The van der Waals surface area contributed by atoms with Crippen LogP contribution in [0.2, 0.25) is 0 Å². The second-order valence-electron chi connectivity index (χ2n) is 9.29. The van der Waals surface area contributed by atoms with Crippen LogP contribution in [0, 0.1) is 12.3 Å². The van der Waals surface area contributed by atoms with Gasteiger partial charge in [0.25, 0.3) is 0 Å². The molecule has 2 aromatic rings. The second kappa shape index (κ2) is 6.41. The second-order valence-corrected chi connectivity index (χ2v) is 9.29. The van der Waals surface area contributed by atoms with Gasteiger partial charge < -0.3 is 5.32 Å². The number of hydrogen-bond donors (Lipinski definition) is 1. The van der Waals surface area contributed by atoms with Gasteiger partial charge in [-0.1, -0.05) is 74.5 Å². The van der Waals surface area contributed by atoms with Crippen LogP contribution in [0.25, 0.3) is 16.7 Å². The highest BCUT2D eigenvalue weighted by atomic mass is 15.0. The first-order valence-electron chi connectivity index (χ1n) is 10.2. The van der Waals surface area contributed by atoms with Crippen LogP contribution in [0.5, 0.6) is 0 Å². The summed E-state index contributed by atoms with van der Waals surface area (Å²) < 4.78 is 0. The molecule has 2 aromatic carbocycles. The zero-order valence-electron chi connectivity index (χ0n) is 17.2. The molecule has 0 saturated heterocycles. The van der Waals surface area contributed by atoms with Gasteiger partial charge in [-0.3, -0.25) is 0 Å². The molecule has 0 amide bonds. The van der Waals surface area contributed by atoms with Gasteiger partial charge in [-0.15, -0.1) is 0 Å². The lowest BCUT2D eigenvalue weighted by Gasteiger charge is -2.43. The average molecular weight is 358 g/mol. The van der Waals surface area contributed by atoms with Crippen molar-refractivity contribution >= 4 is 5.57 Å². The van der Waals surface area contributed by atoms with E-state index in [0.29, 0.717) is 5.41 Å². The van der Waals surface area contributed by atoms with Crippen molar-refractivity contribution in [3.05, 3.63) is 77.5 Å². The van der Waals surface area contributed by atoms with E-state index in [4.69, 9.17) is 0 Å². The molecule has 1 N–H and O–H groups in total. The molecule has 1 heteroatoms. The average Bonchev–Trinajstić information content (AvgIpc) is 2.89. The molecule has 1 saturated carbocycles. The fourth-order valence-electron chi connectivity index (χ4n) is 4.73. The summed E-state index contributed by atoms with van der Waals surface area (Å²) in [5.74, 6) is 0. The normalized spacial score (nSPS) is 20.8. The topological polar surface area (TPSA) is 12.0 Å². The van der Waals surface area contributed by atoms with Crippen LogP contribution in [-0.4, -0.2) is 5.54 Å². The summed E-state index contributed by atoms with van der Waals surface area (Å²) in [5, 5.41) is 3.79. The lowest BCUT2D eigenvalue weighted by atomic mass is 9.67. The summed E-state index contributed by atoms with van der Waals surface area (Å²) >= 11 is 0. The Hall–Kier alpha value is -2.28. The molecule has 0 unspecified atom stereocenters. The van der Waals surface area contributed by atoms with Gasteiger partial charge in [0.05, 0.1) is 5.54 Å². The van der Waals surface area contributed by atoms with Crippen molar-refractivity contribution in [2.45, 2.75) is 58.9 Å². The van der Waals surface area contributed by atoms with Crippen LogP contribution in [-0.2, 0) is 0 Å². The summed E-state index contributed by atoms with van der Waals surface area (Å²) in [6, 6.07) is 17.7. The molecule has 1 fully saturated rings. The van der Waals surface area contributed by atoms with E-state index >= 15 is 0 Å². The molecule has 1 spiro atoms. The Morgan fingerprint density at radius 3 is 1.78 bits per heavy atom. The number of hydrogen-bond acceptors (Lipinski definition) is 1. The van der Waals surface area contributed by atoms with Crippen molar-refractivity contribution in [1.82, 2.24) is 5.32 Å². The third-order valence-electron chi connectivity index (χ3n) is 6.80. The summed E-state index contributed by atoms with van der Waals surface area (Å²) in [6.45, 7) is 13.6. The molecule has 0 aromatic heterocycles. The van der Waals surface area contributed by atoms with Crippen molar-refractivity contribution in [3.8, 4) is 11.1 Å². The molecule has 1 aliphatic carbocycles. The minimum Gasteiger partial charge on any atom is -0.376 e. The van der Waals surface area contributed by atoms with Crippen LogP contribution in [0.3, 0.4) is 0 Å². The maximum atomic E-state index is 4.37. The van der Waals surface area contributed by atoms with Crippen molar-refractivity contribution in [1.29, 1.82) is 0 Å². The molecule has 1 nitrogen and oxygen atoms in total. The largest absolute Gasteiger partial charge is 0.376 e. The molecular weight excluding hydrogens is 326 g/mol. The van der Waals surface area contributed by atoms with Gasteiger partial charge in [0, 0.05) is 11.3 Å². The summed E-state index contributed by atoms with van der Waals surface area (Å²) in [5.41, 5.74) is 9.60. The maximum Gasteiger partial charge on any atom is 0.0592 e. The molecule has 0 bridgehead atoms. The molecule has 140 valence electrons. The standard InChI is InChI=1S/C26H31N/c1-18-6-8-21(9-7-18)22-10-12-23(13-11-22)24-19(2)26(27-20(24)3)16-14-25(4,5)15-17-26/h6-13,27H,3,14-17H2,1-2,4-5H3. The molecule has 2 aliphatic rings. The predicted octanol–water partition coefficient (Wildman–Crippen LogP) is 6.89. The zero-order chi connectivity index (χ0) is 19.2. The molecule has 1 heterocycles. The van der Waals surface area contributed by atoms with Gasteiger partial charge in [0.15, 0.2) is 0 Å². The van der Waals surface area contributed by atoms with Crippen LogP contribution in [0.15, 0.2) is 66.4 Å². The number of allylic oxidation sites excluding steroid dienone is 1. The first-order chi connectivity index (χ1) is 12.8. The van der Waals surface area contributed by atoms with Crippen LogP contribution in [0.1, 0.15) is 57.6 Å². The highest BCUT2D eigenvalue weighted by Crippen LogP contribution is 2.49. The summed E-state index contributed by atoms with van der Waals surface area (Å²) in [7, 11) is 0. The van der Waals surface area contributed by atoms with Crippen LogP contribution < -0.4 is 5.32 Å². The van der Waals surface area contributed by atoms with Crippen molar-refractivity contribution in [2.24, 2.45) is 5.41 Å². The third-order valence-corrected chi connectivity index (χ3v) is 6.80. The lowest BCUT2D eigenvalue weighted by molar-refractivity contribution is 0.172. The fourth-order valence-corrected chi connectivity index (χ4v) is 4.73. The van der Waals surface area contributed by atoms with Gasteiger partial charge >= 0.3 is 0 Å². The van der Waals surface area contributed by atoms with E-state index in [2.05, 4.69) is 88.1 Å². The van der Waals surface area contributed by atoms with E-state index in [-0.39, 0.29) is 5.54 Å². The van der Waals surface area contributed by atoms with Gasteiger partial charge in [-0.2, -0.15) is 0 Å². The Kier molecular flexibility index (Phi) is 4.29. The minimum atomic E-state index is 0.123. The van der Waals surface area contributed by atoms with Gasteiger partial charge in [-0.05, 0) is 67.2 Å². The first kappa shape index (κ1) is 18.1. The van der Waals surface area contributed by atoms with Gasteiger partial charge in [0.2, 0.25) is 0 Å². The quantitative estimate of drug-likeness (QED) is 0.617. The molecule has 0 radical (unpaired) electrons. The van der Waals surface area contributed by atoms with Gasteiger partial charge in [-0.25, -0.2) is 0 Å². The summed E-state index contributed by atoms with van der Waals surface area (Å²) in [4.78, 5) is 0. The monoisotopic (exact) mass is 357 g/mol. The van der Waals surface area contributed by atoms with E-state index in [0.717, 1.165) is 5.70 Å². The fraction of sp³-hybridized carbons (Fsp3) is 0.385. The Balaban J connectivity index is 1.64. The van der Waals surface area contributed by atoms with E-state index in [9.17, 15) is 0 Å². The predicted molar refractivity (Wildman–Crippen MR) is 116 cm³/mol. The zero-order valence-corrected chi connectivity index (χ0v) is 17.2. The molecule has 27 heavy (non-hydrogen) atoms. The smallest absolute Gasteiger partial charge is 0.0592 e. The number of aryl methyl sites for hydroxylation is 1. The molecular formula is C26H31N. The molecule has 1 aliphatic heterocycles. The number of nitrogens with one attached hydrogen (secondary N) is 1. The van der Waals surface area contributed by atoms with Crippen molar-refractivity contribution in [2.75, 3.05) is 0 Å². The molecule has 4 rings (SSSR count). The number of rotatable bonds is 2. The summed E-state index contributed by atoms with van der Waals surface area (Å²) in [6.07, 6.45) is 4.94. The van der Waals surface area contributed by atoms with E-state index in [1.807, 2.05) is 0 Å². The van der Waals surface area contributed by atoms with Gasteiger partial charge in [0.1, 0.15) is 0 Å². The first-order valence-corrected chi connectivity index (χ1v) is 10.2. The van der Waals surface area contributed by atoms with E-state index in [1.165, 1.54) is 59.1 Å². The molecule has 0 atom stereocenters. The number of benzene rings is 2. The Labute approximate surface area is 164 Å². The highest BCUT2D eigenvalue weighted by Gasteiger charge is 2.44. The van der Waals surface area contributed by atoms with Crippen molar-refractivity contribution < 1.29 is 0 Å².